The Balaban J connectivity index is 2.45. The molecule has 2 rings (SSSR count). The molecule has 2 amide bonds. The zero-order valence-corrected chi connectivity index (χ0v) is 23.2. The van der Waals surface area contributed by atoms with Crippen LogP contribution in [0.15, 0.2) is 53.0 Å². The highest BCUT2D eigenvalue weighted by molar-refractivity contribution is 9.10. The maximum atomic E-state index is 13.7. The third-order valence-corrected chi connectivity index (χ3v) is 7.28. The summed E-state index contributed by atoms with van der Waals surface area (Å²) in [6, 6.07) is 13.1. The number of ether oxygens (including phenoxy) is 1. The second-order valence-electron chi connectivity index (χ2n) is 8.36. The SMILES string of the molecule is CC[C@@H](C)NC(=O)[C@@H](CC)N(Cc1cccc(OC)c1)C(=O)CN(c1cccc(Br)c1)S(C)(=O)=O. The van der Waals surface area contributed by atoms with Crippen LogP contribution in [0.25, 0.3) is 0 Å². The van der Waals surface area contributed by atoms with Crippen LogP contribution in [0.3, 0.4) is 0 Å². The van der Waals surface area contributed by atoms with Gasteiger partial charge in [-0.2, -0.15) is 0 Å². The number of hydrogen-bond donors (Lipinski definition) is 1. The third-order valence-electron chi connectivity index (χ3n) is 5.65. The normalized spacial score (nSPS) is 13.0. The van der Waals surface area contributed by atoms with E-state index in [1.807, 2.05) is 26.8 Å². The zero-order chi connectivity index (χ0) is 26.2. The van der Waals surface area contributed by atoms with Gasteiger partial charge in [0, 0.05) is 17.1 Å². The van der Waals surface area contributed by atoms with Gasteiger partial charge in [0.05, 0.1) is 19.1 Å². The summed E-state index contributed by atoms with van der Waals surface area (Å²) >= 11 is 3.35. The highest BCUT2D eigenvalue weighted by Gasteiger charge is 2.32. The van der Waals surface area contributed by atoms with Gasteiger partial charge in [0.1, 0.15) is 18.3 Å². The first-order valence-electron chi connectivity index (χ1n) is 11.5. The van der Waals surface area contributed by atoms with Crippen molar-refractivity contribution in [2.24, 2.45) is 0 Å². The number of carbonyl (C=O) groups is 2. The molecule has 2 aromatic carbocycles. The van der Waals surface area contributed by atoms with Crippen LogP contribution in [0.5, 0.6) is 5.75 Å². The van der Waals surface area contributed by atoms with E-state index in [0.29, 0.717) is 22.3 Å². The maximum Gasteiger partial charge on any atom is 0.244 e. The minimum Gasteiger partial charge on any atom is -0.497 e. The molecule has 0 heterocycles. The van der Waals surface area contributed by atoms with Crippen molar-refractivity contribution in [3.63, 3.8) is 0 Å². The lowest BCUT2D eigenvalue weighted by Crippen LogP contribution is -2.53. The Bertz CT molecular complexity index is 1130. The van der Waals surface area contributed by atoms with Gasteiger partial charge in [-0.15, -0.1) is 0 Å². The minimum atomic E-state index is -3.78. The van der Waals surface area contributed by atoms with E-state index in [0.717, 1.165) is 22.5 Å². The maximum absolute atomic E-state index is 13.7. The van der Waals surface area contributed by atoms with E-state index in [1.165, 1.54) is 4.90 Å². The molecular formula is C25H34BrN3O5S. The molecule has 0 saturated carbocycles. The molecule has 8 nitrogen and oxygen atoms in total. The van der Waals surface area contributed by atoms with Gasteiger partial charge in [-0.25, -0.2) is 8.42 Å². The van der Waals surface area contributed by atoms with Crippen molar-refractivity contribution in [2.45, 2.75) is 52.2 Å². The minimum absolute atomic E-state index is 0.0560. The van der Waals surface area contributed by atoms with Crippen molar-refractivity contribution in [3.05, 3.63) is 58.6 Å². The Morgan fingerprint density at radius 2 is 1.77 bits per heavy atom. The van der Waals surface area contributed by atoms with Crippen LogP contribution < -0.4 is 14.4 Å². The molecule has 2 atom stereocenters. The van der Waals surface area contributed by atoms with Crippen LogP contribution >= 0.6 is 15.9 Å². The second kappa shape index (κ2) is 12.9. The lowest BCUT2D eigenvalue weighted by Gasteiger charge is -2.33. The Kier molecular flexibility index (Phi) is 10.6. The molecule has 0 saturated heterocycles. The quantitative estimate of drug-likeness (QED) is 0.419. The van der Waals surface area contributed by atoms with Crippen LogP contribution in [0, 0.1) is 0 Å². The van der Waals surface area contributed by atoms with Crippen molar-refractivity contribution in [3.8, 4) is 5.75 Å². The fourth-order valence-corrected chi connectivity index (χ4v) is 4.80. The monoisotopic (exact) mass is 567 g/mol. The number of methoxy groups -OCH3 is 1. The first-order chi connectivity index (χ1) is 16.5. The van der Waals surface area contributed by atoms with Crippen molar-refractivity contribution in [2.75, 3.05) is 24.2 Å². The molecule has 35 heavy (non-hydrogen) atoms. The topological polar surface area (TPSA) is 96.0 Å². The number of benzene rings is 2. The number of rotatable bonds is 12. The van der Waals surface area contributed by atoms with Gasteiger partial charge in [0.25, 0.3) is 0 Å². The molecule has 1 N–H and O–H groups in total. The summed E-state index contributed by atoms with van der Waals surface area (Å²) in [5.74, 6) is -0.130. The van der Waals surface area contributed by atoms with Gasteiger partial charge in [-0.1, -0.05) is 48.0 Å². The van der Waals surface area contributed by atoms with Crippen LogP contribution in [0.1, 0.15) is 39.2 Å². The predicted molar refractivity (Wildman–Crippen MR) is 142 cm³/mol. The Morgan fingerprint density at radius 3 is 2.34 bits per heavy atom. The first kappa shape index (κ1) is 28.6. The fourth-order valence-electron chi connectivity index (χ4n) is 3.57. The van der Waals surface area contributed by atoms with Gasteiger partial charge in [0.2, 0.25) is 21.8 Å². The van der Waals surface area contributed by atoms with Crippen LogP contribution in [-0.4, -0.2) is 57.1 Å². The number of amides is 2. The van der Waals surface area contributed by atoms with Gasteiger partial charge >= 0.3 is 0 Å². The second-order valence-corrected chi connectivity index (χ2v) is 11.2. The summed E-state index contributed by atoms with van der Waals surface area (Å²) in [6.45, 7) is 5.38. The number of sulfonamides is 1. The number of anilines is 1. The van der Waals surface area contributed by atoms with E-state index in [9.17, 15) is 18.0 Å². The average Bonchev–Trinajstić information content (AvgIpc) is 2.81. The largest absolute Gasteiger partial charge is 0.497 e. The van der Waals surface area contributed by atoms with Crippen molar-refractivity contribution in [1.82, 2.24) is 10.2 Å². The molecule has 0 spiro atoms. The van der Waals surface area contributed by atoms with Crippen LogP contribution in [0.2, 0.25) is 0 Å². The highest BCUT2D eigenvalue weighted by atomic mass is 79.9. The fraction of sp³-hybridized carbons (Fsp3) is 0.440. The Morgan fingerprint density at radius 1 is 1.09 bits per heavy atom. The van der Waals surface area contributed by atoms with Gasteiger partial charge in [-0.3, -0.25) is 13.9 Å². The van der Waals surface area contributed by atoms with Crippen molar-refractivity contribution >= 4 is 43.5 Å². The van der Waals surface area contributed by atoms with E-state index in [2.05, 4.69) is 21.2 Å². The van der Waals surface area contributed by atoms with E-state index in [1.54, 1.807) is 49.6 Å². The highest BCUT2D eigenvalue weighted by Crippen LogP contribution is 2.23. The Labute approximate surface area is 216 Å². The van der Waals surface area contributed by atoms with Gasteiger partial charge in [0.15, 0.2) is 0 Å². The molecule has 0 fully saturated rings. The Hall–Kier alpha value is -2.59. The number of nitrogens with zero attached hydrogens (tertiary/aromatic N) is 2. The van der Waals surface area contributed by atoms with Crippen LogP contribution in [0.4, 0.5) is 5.69 Å². The standard InChI is InChI=1S/C25H34BrN3O5S/c1-6-18(3)27-25(31)23(7-2)28(16-19-10-8-13-22(14-19)34-4)24(30)17-29(35(5,32)33)21-12-9-11-20(26)15-21/h8-15,18,23H,6-7,16-17H2,1-5H3,(H,27,31)/t18-,23-/m1/s1. The number of hydrogen-bond acceptors (Lipinski definition) is 5. The summed E-state index contributed by atoms with van der Waals surface area (Å²) in [6.07, 6.45) is 2.17. The van der Waals surface area contributed by atoms with Crippen molar-refractivity contribution in [1.29, 1.82) is 0 Å². The summed E-state index contributed by atoms with van der Waals surface area (Å²) in [5, 5.41) is 2.95. The molecule has 0 bridgehead atoms. The molecule has 10 heteroatoms. The molecule has 0 aromatic heterocycles. The molecular weight excluding hydrogens is 534 g/mol. The van der Waals surface area contributed by atoms with E-state index >= 15 is 0 Å². The average molecular weight is 569 g/mol. The first-order valence-corrected chi connectivity index (χ1v) is 14.1. The summed E-state index contributed by atoms with van der Waals surface area (Å²) in [5.41, 5.74) is 1.12. The number of carbonyl (C=O) groups excluding carboxylic acids is 2. The molecule has 0 radical (unpaired) electrons. The zero-order valence-electron chi connectivity index (χ0n) is 20.8. The predicted octanol–water partition coefficient (Wildman–Crippen LogP) is 3.95. The van der Waals surface area contributed by atoms with E-state index in [4.69, 9.17) is 4.74 Å². The van der Waals surface area contributed by atoms with Gasteiger partial charge in [-0.05, 0) is 55.7 Å². The lowest BCUT2D eigenvalue weighted by atomic mass is 10.1. The van der Waals surface area contributed by atoms with Crippen LogP contribution in [-0.2, 0) is 26.2 Å². The summed E-state index contributed by atoms with van der Waals surface area (Å²) in [7, 11) is -2.22. The smallest absolute Gasteiger partial charge is 0.244 e. The van der Waals surface area contributed by atoms with Crippen molar-refractivity contribution < 1.29 is 22.7 Å². The lowest BCUT2D eigenvalue weighted by molar-refractivity contribution is -0.140. The summed E-state index contributed by atoms with van der Waals surface area (Å²) in [4.78, 5) is 28.3. The molecule has 0 aliphatic carbocycles. The third kappa shape index (κ3) is 8.24. The number of halogens is 1. The van der Waals surface area contributed by atoms with E-state index < -0.39 is 28.5 Å². The molecule has 192 valence electrons. The number of nitrogens with one attached hydrogen (secondary N) is 1. The van der Waals surface area contributed by atoms with E-state index in [-0.39, 0.29) is 18.5 Å². The van der Waals surface area contributed by atoms with Gasteiger partial charge < -0.3 is 15.0 Å². The summed E-state index contributed by atoms with van der Waals surface area (Å²) < 4.78 is 32.3. The molecule has 0 aliphatic heterocycles. The molecule has 2 aromatic rings. The molecule has 0 unspecified atom stereocenters. The molecule has 0 aliphatic rings.